The number of rotatable bonds is 6. The molecule has 1 aliphatic carbocycles. The SMILES string of the molecule is Cc1cccc(OCCC(=O)Nc2ccc3oc(C4CC4)nc3c2)c1C. The molecule has 0 radical (unpaired) electrons. The third kappa shape index (κ3) is 3.57. The summed E-state index contributed by atoms with van der Waals surface area (Å²) in [5.41, 5.74) is 4.57. The number of hydrogen-bond donors (Lipinski definition) is 1. The van der Waals surface area contributed by atoms with Crippen LogP contribution in [0.15, 0.2) is 40.8 Å². The summed E-state index contributed by atoms with van der Waals surface area (Å²) >= 11 is 0. The van der Waals surface area contributed by atoms with Gasteiger partial charge in [-0.05, 0) is 62.1 Å². The van der Waals surface area contributed by atoms with Crippen LogP contribution in [0.2, 0.25) is 0 Å². The van der Waals surface area contributed by atoms with Gasteiger partial charge in [0, 0.05) is 11.6 Å². The number of ether oxygens (including phenoxy) is 1. The summed E-state index contributed by atoms with van der Waals surface area (Å²) in [5, 5.41) is 2.90. The van der Waals surface area contributed by atoms with E-state index >= 15 is 0 Å². The molecule has 0 bridgehead atoms. The molecule has 1 saturated carbocycles. The molecule has 0 spiro atoms. The van der Waals surface area contributed by atoms with Crippen LogP contribution >= 0.6 is 0 Å². The highest BCUT2D eigenvalue weighted by Crippen LogP contribution is 2.40. The predicted octanol–water partition coefficient (Wildman–Crippen LogP) is 4.73. The maximum Gasteiger partial charge on any atom is 0.227 e. The topological polar surface area (TPSA) is 64.4 Å². The number of oxazole rings is 1. The van der Waals surface area contributed by atoms with Crippen LogP contribution in [0, 0.1) is 13.8 Å². The molecule has 1 heterocycles. The van der Waals surface area contributed by atoms with Crippen molar-refractivity contribution in [1.29, 1.82) is 0 Å². The number of aryl methyl sites for hydroxylation is 1. The molecule has 1 fully saturated rings. The average Bonchev–Trinajstić information content (AvgIpc) is 3.38. The van der Waals surface area contributed by atoms with Crippen LogP contribution < -0.4 is 10.1 Å². The quantitative estimate of drug-likeness (QED) is 0.698. The van der Waals surface area contributed by atoms with E-state index in [1.54, 1.807) is 0 Å². The molecule has 134 valence electrons. The molecule has 1 N–H and O–H groups in total. The molecule has 3 aromatic rings. The van der Waals surface area contributed by atoms with Gasteiger partial charge in [0.2, 0.25) is 5.91 Å². The van der Waals surface area contributed by atoms with Crippen molar-refractivity contribution in [2.24, 2.45) is 0 Å². The Morgan fingerprint density at radius 3 is 2.92 bits per heavy atom. The zero-order valence-corrected chi connectivity index (χ0v) is 15.0. The first-order chi connectivity index (χ1) is 12.6. The summed E-state index contributed by atoms with van der Waals surface area (Å²) in [6.07, 6.45) is 2.59. The van der Waals surface area contributed by atoms with Gasteiger partial charge in [0.05, 0.1) is 13.0 Å². The van der Waals surface area contributed by atoms with Crippen LogP contribution in [-0.4, -0.2) is 17.5 Å². The highest BCUT2D eigenvalue weighted by atomic mass is 16.5. The van der Waals surface area contributed by atoms with Gasteiger partial charge in [-0.1, -0.05) is 12.1 Å². The molecule has 26 heavy (non-hydrogen) atoms. The number of aromatic nitrogens is 1. The second kappa shape index (κ2) is 6.83. The molecule has 1 aromatic heterocycles. The molecule has 0 atom stereocenters. The molecule has 5 heteroatoms. The zero-order valence-electron chi connectivity index (χ0n) is 15.0. The minimum atomic E-state index is -0.0828. The minimum absolute atomic E-state index is 0.0828. The molecule has 1 aliphatic rings. The van der Waals surface area contributed by atoms with E-state index in [2.05, 4.69) is 10.3 Å². The van der Waals surface area contributed by atoms with E-state index in [0.717, 1.165) is 46.8 Å². The number of fused-ring (bicyclic) bond motifs is 1. The van der Waals surface area contributed by atoms with Crippen LogP contribution in [0.3, 0.4) is 0 Å². The molecule has 4 rings (SSSR count). The lowest BCUT2D eigenvalue weighted by Gasteiger charge is -2.11. The molecular weight excluding hydrogens is 328 g/mol. The second-order valence-electron chi connectivity index (χ2n) is 6.85. The van der Waals surface area contributed by atoms with E-state index in [1.807, 2.05) is 50.2 Å². The van der Waals surface area contributed by atoms with E-state index in [-0.39, 0.29) is 12.3 Å². The highest BCUT2D eigenvalue weighted by molar-refractivity contribution is 5.92. The summed E-state index contributed by atoms with van der Waals surface area (Å²) in [7, 11) is 0. The van der Waals surface area contributed by atoms with Crippen LogP contribution in [0.5, 0.6) is 5.75 Å². The Balaban J connectivity index is 1.34. The van der Waals surface area contributed by atoms with Crippen molar-refractivity contribution in [3.05, 3.63) is 53.4 Å². The summed E-state index contributed by atoms with van der Waals surface area (Å²) in [5.74, 6) is 2.03. The van der Waals surface area contributed by atoms with Gasteiger partial charge in [-0.15, -0.1) is 0 Å². The minimum Gasteiger partial charge on any atom is -0.493 e. The molecule has 5 nitrogen and oxygen atoms in total. The largest absolute Gasteiger partial charge is 0.493 e. The second-order valence-corrected chi connectivity index (χ2v) is 6.85. The molecular formula is C21H22N2O3. The molecule has 1 amide bonds. The lowest BCUT2D eigenvalue weighted by Crippen LogP contribution is -2.15. The average molecular weight is 350 g/mol. The Hall–Kier alpha value is -2.82. The number of nitrogens with zero attached hydrogens (tertiary/aromatic N) is 1. The number of amides is 1. The highest BCUT2D eigenvalue weighted by Gasteiger charge is 2.28. The van der Waals surface area contributed by atoms with Gasteiger partial charge >= 0.3 is 0 Å². The van der Waals surface area contributed by atoms with Crippen molar-refractivity contribution >= 4 is 22.7 Å². The van der Waals surface area contributed by atoms with E-state index in [0.29, 0.717) is 12.5 Å². The molecule has 0 saturated heterocycles. The Morgan fingerprint density at radius 2 is 2.12 bits per heavy atom. The monoisotopic (exact) mass is 350 g/mol. The van der Waals surface area contributed by atoms with Crippen molar-refractivity contribution in [3.63, 3.8) is 0 Å². The standard InChI is InChI=1S/C21H22N2O3/c1-13-4-3-5-18(14(13)2)25-11-10-20(24)22-16-8-9-19-17(12-16)23-21(26-19)15-6-7-15/h3-5,8-9,12,15H,6-7,10-11H2,1-2H3,(H,22,24). The Bertz CT molecular complexity index is 957. The van der Waals surface area contributed by atoms with Crippen LogP contribution in [0.1, 0.15) is 42.2 Å². The number of anilines is 1. The third-order valence-corrected chi connectivity index (χ3v) is 4.76. The third-order valence-electron chi connectivity index (χ3n) is 4.76. The van der Waals surface area contributed by atoms with Crippen molar-refractivity contribution in [3.8, 4) is 5.75 Å². The first-order valence-electron chi connectivity index (χ1n) is 8.99. The zero-order chi connectivity index (χ0) is 18.1. The van der Waals surface area contributed by atoms with Gasteiger partial charge in [0.25, 0.3) is 0 Å². The lowest BCUT2D eigenvalue weighted by molar-refractivity contribution is -0.116. The maximum atomic E-state index is 12.2. The number of hydrogen-bond acceptors (Lipinski definition) is 4. The van der Waals surface area contributed by atoms with Crippen molar-refractivity contribution in [2.75, 3.05) is 11.9 Å². The summed E-state index contributed by atoms with van der Waals surface area (Å²) < 4.78 is 11.5. The van der Waals surface area contributed by atoms with Crippen molar-refractivity contribution in [1.82, 2.24) is 4.98 Å². The molecule has 2 aromatic carbocycles. The van der Waals surface area contributed by atoms with Crippen molar-refractivity contribution in [2.45, 2.75) is 39.0 Å². The normalized spacial score (nSPS) is 13.8. The Kier molecular flexibility index (Phi) is 4.37. The van der Waals surface area contributed by atoms with E-state index < -0.39 is 0 Å². The number of benzene rings is 2. The fourth-order valence-electron chi connectivity index (χ4n) is 2.89. The predicted molar refractivity (Wildman–Crippen MR) is 101 cm³/mol. The number of carbonyl (C=O) groups excluding carboxylic acids is 1. The summed E-state index contributed by atoms with van der Waals surface area (Å²) in [4.78, 5) is 16.7. The molecule has 0 unspecified atom stereocenters. The van der Waals surface area contributed by atoms with E-state index in [9.17, 15) is 4.79 Å². The van der Waals surface area contributed by atoms with Gasteiger partial charge in [-0.25, -0.2) is 4.98 Å². The number of carbonyl (C=O) groups is 1. The van der Waals surface area contributed by atoms with Crippen molar-refractivity contribution < 1.29 is 13.9 Å². The Labute approximate surface area is 152 Å². The summed E-state index contributed by atoms with van der Waals surface area (Å²) in [6.45, 7) is 4.41. The van der Waals surface area contributed by atoms with Crippen LogP contribution in [0.25, 0.3) is 11.1 Å². The van der Waals surface area contributed by atoms with Gasteiger partial charge < -0.3 is 14.5 Å². The first kappa shape index (κ1) is 16.6. The lowest BCUT2D eigenvalue weighted by atomic mass is 10.1. The first-order valence-corrected chi connectivity index (χ1v) is 8.99. The molecule has 0 aliphatic heterocycles. The van der Waals surface area contributed by atoms with Crippen LogP contribution in [-0.2, 0) is 4.79 Å². The number of nitrogens with one attached hydrogen (secondary N) is 1. The van der Waals surface area contributed by atoms with E-state index in [1.165, 1.54) is 5.56 Å². The maximum absolute atomic E-state index is 12.2. The fraction of sp³-hybridized carbons (Fsp3) is 0.333. The van der Waals surface area contributed by atoms with Gasteiger partial charge in [0.1, 0.15) is 11.3 Å². The van der Waals surface area contributed by atoms with Gasteiger partial charge in [-0.3, -0.25) is 4.79 Å². The van der Waals surface area contributed by atoms with E-state index in [4.69, 9.17) is 9.15 Å². The summed E-state index contributed by atoms with van der Waals surface area (Å²) in [6, 6.07) is 11.5. The van der Waals surface area contributed by atoms with Gasteiger partial charge in [-0.2, -0.15) is 0 Å². The Morgan fingerprint density at radius 1 is 1.27 bits per heavy atom. The van der Waals surface area contributed by atoms with Gasteiger partial charge in [0.15, 0.2) is 11.5 Å². The fourth-order valence-corrected chi connectivity index (χ4v) is 2.89. The van der Waals surface area contributed by atoms with Crippen LogP contribution in [0.4, 0.5) is 5.69 Å². The smallest absolute Gasteiger partial charge is 0.227 e.